The second-order valence-electron chi connectivity index (χ2n) is 23.3. The van der Waals surface area contributed by atoms with Gasteiger partial charge in [0.05, 0.1) is 51.5 Å². The lowest BCUT2D eigenvalue weighted by Crippen LogP contribution is -2.51. The molecule has 98 heavy (non-hydrogen) atoms. The minimum Gasteiger partial charge on any atom is -0.508 e. The SMILES string of the molecule is Cc1nnc(NC(=O)CCCc2cn(CCCC[C@H](NC(=O)C[C@H](NC(=O)C[C@H](NC(=O)CCC(C)(c3ccc(O)cc3)c3ccc(O)cc3)C(=O)O)C(=O)O)C(=O)NCCOCCOCCNC(=O)CN3CCN(COC=O)CCN(COC=O)CCN(CC(O)O)CC3)nn2)s1. The molecule has 3 heterocycles. The molecule has 1 fully saturated rings. The third-order valence-corrected chi connectivity index (χ3v) is 16.5. The number of aliphatic hydroxyl groups is 2. The summed E-state index contributed by atoms with van der Waals surface area (Å²) in [5, 5.41) is 92.0. The Labute approximate surface area is 569 Å². The van der Waals surface area contributed by atoms with Gasteiger partial charge in [0, 0.05) is 103 Å². The average Bonchev–Trinajstić information content (AvgIpc) is 0.914. The predicted octanol–water partition coefficient (Wildman–Crippen LogP) is -1.77. The minimum absolute atomic E-state index is 0.000485. The van der Waals surface area contributed by atoms with Gasteiger partial charge < -0.3 is 81.5 Å². The summed E-state index contributed by atoms with van der Waals surface area (Å²) in [5.74, 6) is -7.22. The monoisotopic (exact) mass is 1400 g/mol. The van der Waals surface area contributed by atoms with Crippen LogP contribution in [0.1, 0.15) is 86.5 Å². The molecule has 3 atom stereocenters. The lowest BCUT2D eigenvalue weighted by molar-refractivity contribution is -0.145. The van der Waals surface area contributed by atoms with Gasteiger partial charge in [-0.15, -0.1) is 15.3 Å². The highest BCUT2D eigenvalue weighted by Crippen LogP contribution is 2.38. The molecule has 1 saturated heterocycles. The number of aliphatic carboxylic acids is 2. The highest BCUT2D eigenvalue weighted by molar-refractivity contribution is 7.15. The molecule has 0 bridgehead atoms. The number of phenols is 2. The van der Waals surface area contributed by atoms with Crippen LogP contribution < -0.4 is 31.9 Å². The number of nitrogens with zero attached hydrogens (tertiary/aromatic N) is 9. The fourth-order valence-corrected chi connectivity index (χ4v) is 10.9. The summed E-state index contributed by atoms with van der Waals surface area (Å²) >= 11 is 1.26. The number of aryl methyl sites for hydroxylation is 3. The second kappa shape index (κ2) is 43.4. The molecule has 2 aromatic carbocycles. The number of phenolic OH excluding ortho intramolecular Hbond substituents is 2. The van der Waals surface area contributed by atoms with Crippen molar-refractivity contribution in [2.24, 2.45) is 0 Å². The molecule has 0 unspecified atom stereocenters. The van der Waals surface area contributed by atoms with Gasteiger partial charge in [-0.1, -0.05) is 47.7 Å². The first-order valence-corrected chi connectivity index (χ1v) is 32.8. The number of anilines is 1. The van der Waals surface area contributed by atoms with Gasteiger partial charge in [-0.3, -0.25) is 62.6 Å². The molecule has 1 aliphatic heterocycles. The molecular weight excluding hydrogens is 1310 g/mol. The zero-order valence-electron chi connectivity index (χ0n) is 55.0. The van der Waals surface area contributed by atoms with E-state index in [0.29, 0.717) is 119 Å². The number of β-amino-alcohol motifs (C(OH)–C–C–N with tert-alkyl or cyclic N) is 2. The predicted molar refractivity (Wildman–Crippen MR) is 348 cm³/mol. The van der Waals surface area contributed by atoms with Crippen LogP contribution in [-0.4, -0.2) is 279 Å². The summed E-state index contributed by atoms with van der Waals surface area (Å²) in [5.41, 5.74) is 1.16. The number of unbranched alkanes of at least 4 members (excludes halogenated alkanes) is 1. The highest BCUT2D eigenvalue weighted by Gasteiger charge is 2.33. The number of aromatic hydroxyl groups is 2. The fourth-order valence-electron chi connectivity index (χ4n) is 10.3. The molecule has 0 radical (unpaired) electrons. The van der Waals surface area contributed by atoms with Crippen LogP contribution in [0.25, 0.3) is 0 Å². The summed E-state index contributed by atoms with van der Waals surface area (Å²) in [4.78, 5) is 134. The smallest absolute Gasteiger partial charge is 0.326 e. The molecular formula is C62H91N15O20S. The number of hydrogen-bond acceptors (Lipinski definition) is 27. The van der Waals surface area contributed by atoms with Crippen molar-refractivity contribution in [2.75, 3.05) is 124 Å². The maximum absolute atomic E-state index is 13.7. The van der Waals surface area contributed by atoms with Crippen molar-refractivity contribution < 1.29 is 97.5 Å². The van der Waals surface area contributed by atoms with Gasteiger partial charge in [-0.2, -0.15) is 0 Å². The number of rotatable bonds is 44. The van der Waals surface area contributed by atoms with Gasteiger partial charge in [0.25, 0.3) is 12.9 Å². The number of aromatic nitrogens is 5. The van der Waals surface area contributed by atoms with Crippen molar-refractivity contribution >= 4 is 76.8 Å². The minimum atomic E-state index is -1.90. The normalized spacial score (nSPS) is 14.7. The molecule has 0 spiro atoms. The third-order valence-electron chi connectivity index (χ3n) is 15.7. The number of ether oxygens (including phenoxy) is 4. The van der Waals surface area contributed by atoms with Crippen molar-refractivity contribution in [1.82, 2.24) is 71.4 Å². The van der Waals surface area contributed by atoms with E-state index in [9.17, 15) is 78.6 Å². The van der Waals surface area contributed by atoms with Crippen molar-refractivity contribution in [3.8, 4) is 11.5 Å². The van der Waals surface area contributed by atoms with Gasteiger partial charge in [0.2, 0.25) is 40.6 Å². The molecule has 36 heteroatoms. The Bertz CT molecular complexity index is 3100. The standard InChI is InChI=1S/C62H91N15O20S/c1-43-69-71-61(98-43)68-52(82)8-5-6-46-36-77(72-70-46)21-4-3-7-49(65-54(84)35-51(60(92)93)67-55(85)34-50(59(90)91)66-53(83)17-18-62(2,44-9-13-47(80)14-10-44)45-11-15-48(81)16-12-45)58(89)64-20-31-95-33-32-94-30-19-63-56(86)37-73-22-23-74(38-57(87)88)25-27-76(40-97-42-79)29-28-75(26-24-73)39-96-41-78/h9-16,36,41-42,49-51,57,80-81,87-88H,3-8,17-35,37-40H2,1-2H3,(H,63,86)(H,64,89)(H,65,84)(H,66,83)(H,67,85)(H,90,91)(H,92,93)(H,68,71,82)/t49-,50-,51-/m0/s1. The first-order chi connectivity index (χ1) is 47.0. The molecule has 2 aromatic heterocycles. The van der Waals surface area contributed by atoms with E-state index in [-0.39, 0.29) is 115 Å². The van der Waals surface area contributed by atoms with Crippen LogP contribution in [0.5, 0.6) is 11.5 Å². The number of carbonyl (C=O) groups is 10. The number of carboxylic acids is 2. The van der Waals surface area contributed by atoms with Crippen LogP contribution in [0, 0.1) is 6.92 Å². The molecule has 540 valence electrons. The quantitative estimate of drug-likeness (QED) is 0.0132. The molecule has 0 aliphatic carbocycles. The Morgan fingerprint density at radius 2 is 1.13 bits per heavy atom. The van der Waals surface area contributed by atoms with Crippen molar-refractivity contribution in [1.29, 1.82) is 0 Å². The van der Waals surface area contributed by atoms with E-state index < -0.39 is 78.2 Å². The summed E-state index contributed by atoms with van der Waals surface area (Å²) < 4.78 is 22.9. The largest absolute Gasteiger partial charge is 0.508 e. The lowest BCUT2D eigenvalue weighted by Gasteiger charge is -2.33. The van der Waals surface area contributed by atoms with Crippen LogP contribution in [0.3, 0.4) is 0 Å². The summed E-state index contributed by atoms with van der Waals surface area (Å²) in [6.07, 6.45) is 0.211. The van der Waals surface area contributed by atoms with E-state index in [2.05, 4.69) is 52.4 Å². The van der Waals surface area contributed by atoms with Crippen molar-refractivity contribution in [3.63, 3.8) is 0 Å². The van der Waals surface area contributed by atoms with E-state index in [1.165, 1.54) is 35.6 Å². The first-order valence-electron chi connectivity index (χ1n) is 32.0. The molecule has 5 rings (SSSR count). The highest BCUT2D eigenvalue weighted by atomic mass is 32.1. The molecule has 1 aliphatic rings. The van der Waals surface area contributed by atoms with E-state index >= 15 is 0 Å². The maximum Gasteiger partial charge on any atom is 0.326 e. The van der Waals surface area contributed by atoms with Gasteiger partial charge in [-0.05, 0) is 80.8 Å². The van der Waals surface area contributed by atoms with Crippen molar-refractivity contribution in [2.45, 2.75) is 114 Å². The zero-order valence-corrected chi connectivity index (χ0v) is 55.8. The summed E-state index contributed by atoms with van der Waals surface area (Å²) in [7, 11) is 0. The van der Waals surface area contributed by atoms with Gasteiger partial charge in [-0.25, -0.2) is 9.59 Å². The van der Waals surface area contributed by atoms with E-state index in [0.717, 1.165) is 5.01 Å². The topological polar surface area (TPSA) is 471 Å². The molecule has 4 aromatic rings. The first kappa shape index (κ1) is 79.8. The number of nitrogens with one attached hydrogen (secondary N) is 6. The number of amides is 6. The van der Waals surface area contributed by atoms with Gasteiger partial charge in [0.15, 0.2) is 6.29 Å². The van der Waals surface area contributed by atoms with Crippen molar-refractivity contribution in [3.05, 3.63) is 76.6 Å². The Kier molecular flexibility index (Phi) is 35.4. The lowest BCUT2D eigenvalue weighted by atomic mass is 9.73. The van der Waals surface area contributed by atoms with Crippen LogP contribution in [0.4, 0.5) is 5.13 Å². The van der Waals surface area contributed by atoms with E-state index in [1.807, 2.05) is 26.5 Å². The summed E-state index contributed by atoms with van der Waals surface area (Å²) in [6, 6.07) is 7.63. The molecule has 0 saturated carbocycles. The zero-order chi connectivity index (χ0) is 71.2. The molecule has 35 nitrogen and oxygen atoms in total. The fraction of sp³-hybridized carbons (Fsp3) is 0.581. The van der Waals surface area contributed by atoms with Gasteiger partial charge >= 0.3 is 11.9 Å². The third kappa shape index (κ3) is 30.7. The van der Waals surface area contributed by atoms with Crippen LogP contribution in [0.15, 0.2) is 54.7 Å². The maximum atomic E-state index is 13.7. The Morgan fingerprint density at radius 1 is 0.612 bits per heavy atom. The summed E-state index contributed by atoms with van der Waals surface area (Å²) in [6.45, 7) is 8.35. The van der Waals surface area contributed by atoms with Crippen LogP contribution in [-0.2, 0) is 85.3 Å². The number of carbonyl (C=O) groups excluding carboxylic acids is 8. The Balaban J connectivity index is 1.09. The Morgan fingerprint density at radius 3 is 1.65 bits per heavy atom. The van der Waals surface area contributed by atoms with Crippen LogP contribution in [0.2, 0.25) is 0 Å². The number of aliphatic hydroxyl groups excluding tert-OH is 1. The number of carboxylic acid groups (broad SMARTS) is 2. The second-order valence-corrected chi connectivity index (χ2v) is 24.5. The Hall–Kier alpha value is -8.88. The molecule has 12 N–H and O–H groups in total. The number of benzene rings is 2. The number of hydrogen-bond donors (Lipinski definition) is 12. The van der Waals surface area contributed by atoms with Gasteiger partial charge in [0.1, 0.15) is 48.1 Å². The average molecular weight is 1400 g/mol. The van der Waals surface area contributed by atoms with E-state index in [4.69, 9.17) is 18.9 Å². The molecule has 6 amide bonds. The van der Waals surface area contributed by atoms with Crippen LogP contribution >= 0.6 is 11.3 Å². The van der Waals surface area contributed by atoms with E-state index in [1.54, 1.807) is 42.1 Å².